The number of hydrogen-bond donors (Lipinski definition) is 3. The summed E-state index contributed by atoms with van der Waals surface area (Å²) in [7, 11) is -3.30. The van der Waals surface area contributed by atoms with E-state index in [0.717, 1.165) is 0 Å². The van der Waals surface area contributed by atoms with Crippen molar-refractivity contribution in [1.82, 2.24) is 0 Å². The highest BCUT2D eigenvalue weighted by Crippen LogP contribution is 2.30. The molecule has 1 saturated carbocycles. The number of benzene rings is 1. The van der Waals surface area contributed by atoms with Gasteiger partial charge >= 0.3 is 0 Å². The van der Waals surface area contributed by atoms with Crippen LogP contribution in [0.15, 0.2) is 24.3 Å². The van der Waals surface area contributed by atoms with E-state index in [1.165, 1.54) is 0 Å². The molecule has 0 bridgehead atoms. The molecule has 0 saturated heterocycles. The third kappa shape index (κ3) is 2.16. The zero-order valence-electron chi connectivity index (χ0n) is 8.60. The molecule has 4 N–H and O–H groups in total. The van der Waals surface area contributed by atoms with E-state index >= 15 is 0 Å². The molecule has 6 heteroatoms. The molecule has 0 aliphatic heterocycles. The number of amidine groups is 1. The number of rotatable bonds is 4. The predicted molar refractivity (Wildman–Crippen MR) is 63.0 cm³/mol. The molecule has 16 heavy (non-hydrogen) atoms. The molecule has 5 nitrogen and oxygen atoms in total. The molecule has 0 heterocycles. The second-order valence-corrected chi connectivity index (χ2v) is 5.77. The predicted octanol–water partition coefficient (Wildman–Crippen LogP) is 0.875. The number of anilines is 1. The summed E-state index contributed by atoms with van der Waals surface area (Å²) in [6.07, 6.45) is 1.41. The van der Waals surface area contributed by atoms with Gasteiger partial charge in [0.1, 0.15) is 5.84 Å². The van der Waals surface area contributed by atoms with Crippen LogP contribution in [0.5, 0.6) is 0 Å². The summed E-state index contributed by atoms with van der Waals surface area (Å²) in [5.41, 5.74) is 6.16. The average Bonchev–Trinajstić information content (AvgIpc) is 3.00. The molecule has 86 valence electrons. The van der Waals surface area contributed by atoms with Crippen LogP contribution in [0.1, 0.15) is 18.4 Å². The summed E-state index contributed by atoms with van der Waals surface area (Å²) < 4.78 is 25.9. The van der Waals surface area contributed by atoms with Crippen LogP contribution in [0, 0.1) is 5.41 Å². The summed E-state index contributed by atoms with van der Waals surface area (Å²) in [5, 5.41) is 7.07. The van der Waals surface area contributed by atoms with Crippen LogP contribution >= 0.6 is 0 Å². The van der Waals surface area contributed by atoms with E-state index in [2.05, 4.69) is 4.72 Å². The van der Waals surface area contributed by atoms with Crippen molar-refractivity contribution in [2.75, 3.05) is 4.72 Å². The van der Waals surface area contributed by atoms with Crippen molar-refractivity contribution < 1.29 is 8.42 Å². The quantitative estimate of drug-likeness (QED) is 0.537. The Balaban J connectivity index is 2.30. The highest BCUT2D eigenvalue weighted by atomic mass is 32.2. The highest BCUT2D eigenvalue weighted by molar-refractivity contribution is 7.93. The Labute approximate surface area is 94.2 Å². The van der Waals surface area contributed by atoms with Crippen LogP contribution in [0.25, 0.3) is 0 Å². The normalized spacial score (nSPS) is 15.8. The van der Waals surface area contributed by atoms with E-state index in [4.69, 9.17) is 11.1 Å². The molecule has 1 fully saturated rings. The third-order valence-electron chi connectivity index (χ3n) is 2.43. The SMILES string of the molecule is N=C(N)c1ccccc1NS(=O)(=O)C1CC1. The Kier molecular flexibility index (Phi) is 2.59. The van der Waals surface area contributed by atoms with E-state index < -0.39 is 10.0 Å². The lowest BCUT2D eigenvalue weighted by molar-refractivity contribution is 0.600. The van der Waals surface area contributed by atoms with Gasteiger partial charge in [-0.2, -0.15) is 0 Å². The Hall–Kier alpha value is -1.56. The van der Waals surface area contributed by atoms with Crippen molar-refractivity contribution in [2.45, 2.75) is 18.1 Å². The van der Waals surface area contributed by atoms with Gasteiger partial charge in [-0.25, -0.2) is 8.42 Å². The van der Waals surface area contributed by atoms with Crippen molar-refractivity contribution in [3.05, 3.63) is 29.8 Å². The van der Waals surface area contributed by atoms with E-state index in [0.29, 0.717) is 24.1 Å². The Morgan fingerprint density at radius 2 is 2.00 bits per heavy atom. The van der Waals surface area contributed by atoms with Crippen LogP contribution in [0.4, 0.5) is 5.69 Å². The highest BCUT2D eigenvalue weighted by Gasteiger charge is 2.36. The maximum atomic E-state index is 11.7. The van der Waals surface area contributed by atoms with Gasteiger partial charge in [0, 0.05) is 5.56 Å². The maximum Gasteiger partial charge on any atom is 0.235 e. The van der Waals surface area contributed by atoms with Gasteiger partial charge in [0.05, 0.1) is 10.9 Å². The number of hydrogen-bond acceptors (Lipinski definition) is 3. The molecule has 0 aromatic heterocycles. The topological polar surface area (TPSA) is 96.0 Å². The first-order valence-electron chi connectivity index (χ1n) is 4.96. The van der Waals surface area contributed by atoms with Crippen molar-refractivity contribution in [3.8, 4) is 0 Å². The fraction of sp³-hybridized carbons (Fsp3) is 0.300. The average molecular weight is 239 g/mol. The summed E-state index contributed by atoms with van der Waals surface area (Å²) in [6.45, 7) is 0. The summed E-state index contributed by atoms with van der Waals surface area (Å²) in [4.78, 5) is 0. The molecule has 1 aromatic rings. The Bertz CT molecular complexity index is 521. The third-order valence-corrected chi connectivity index (χ3v) is 4.29. The second-order valence-electron chi connectivity index (χ2n) is 3.81. The van der Waals surface area contributed by atoms with Crippen molar-refractivity contribution in [2.24, 2.45) is 5.73 Å². The van der Waals surface area contributed by atoms with E-state index in [-0.39, 0.29) is 11.1 Å². The van der Waals surface area contributed by atoms with Gasteiger partial charge in [0.15, 0.2) is 0 Å². The van der Waals surface area contributed by atoms with Crippen molar-refractivity contribution in [3.63, 3.8) is 0 Å². The minimum Gasteiger partial charge on any atom is -0.384 e. The zero-order chi connectivity index (χ0) is 11.8. The Morgan fingerprint density at radius 1 is 1.38 bits per heavy atom. The van der Waals surface area contributed by atoms with E-state index in [1.54, 1.807) is 24.3 Å². The van der Waals surface area contributed by atoms with Crippen molar-refractivity contribution in [1.29, 1.82) is 5.41 Å². The minimum atomic E-state index is -3.30. The van der Waals surface area contributed by atoms with Crippen LogP contribution in [-0.4, -0.2) is 19.5 Å². The van der Waals surface area contributed by atoms with E-state index in [9.17, 15) is 8.42 Å². The molecule has 0 radical (unpaired) electrons. The maximum absolute atomic E-state index is 11.7. The number of nitrogens with one attached hydrogen (secondary N) is 2. The summed E-state index contributed by atoms with van der Waals surface area (Å²) in [6, 6.07) is 6.65. The van der Waals surface area contributed by atoms with Crippen LogP contribution in [0.2, 0.25) is 0 Å². The lowest BCUT2D eigenvalue weighted by Crippen LogP contribution is -2.21. The number of nitrogen functional groups attached to an aromatic ring is 1. The lowest BCUT2D eigenvalue weighted by atomic mass is 10.2. The first-order chi connectivity index (χ1) is 7.50. The minimum absolute atomic E-state index is 0.144. The number of para-hydroxylation sites is 1. The van der Waals surface area contributed by atoms with Gasteiger partial charge in [0.25, 0.3) is 0 Å². The van der Waals surface area contributed by atoms with Crippen LogP contribution in [-0.2, 0) is 10.0 Å². The van der Waals surface area contributed by atoms with Gasteiger partial charge in [-0.05, 0) is 25.0 Å². The fourth-order valence-corrected chi connectivity index (χ4v) is 2.83. The standard InChI is InChI=1S/C10H13N3O2S/c11-10(12)8-3-1-2-4-9(8)13-16(14,15)7-5-6-7/h1-4,7,13H,5-6H2,(H3,11,12). The molecule has 0 unspecified atom stereocenters. The van der Waals surface area contributed by atoms with Crippen LogP contribution < -0.4 is 10.5 Å². The number of nitrogens with two attached hydrogens (primary N) is 1. The molecule has 1 aromatic carbocycles. The molecule has 0 atom stereocenters. The zero-order valence-corrected chi connectivity index (χ0v) is 9.42. The molecular formula is C10H13N3O2S. The van der Waals surface area contributed by atoms with Gasteiger partial charge < -0.3 is 5.73 Å². The van der Waals surface area contributed by atoms with E-state index in [1.807, 2.05) is 0 Å². The molecular weight excluding hydrogens is 226 g/mol. The Morgan fingerprint density at radius 3 is 2.56 bits per heavy atom. The molecule has 1 aliphatic carbocycles. The molecule has 0 spiro atoms. The number of sulfonamides is 1. The van der Waals surface area contributed by atoms with Gasteiger partial charge in [-0.3, -0.25) is 10.1 Å². The molecule has 2 rings (SSSR count). The smallest absolute Gasteiger partial charge is 0.235 e. The summed E-state index contributed by atoms with van der Waals surface area (Å²) in [5.74, 6) is -0.144. The fourth-order valence-electron chi connectivity index (χ4n) is 1.42. The molecule has 0 amide bonds. The van der Waals surface area contributed by atoms with Gasteiger partial charge in [0.2, 0.25) is 10.0 Å². The van der Waals surface area contributed by atoms with Crippen LogP contribution in [0.3, 0.4) is 0 Å². The second kappa shape index (κ2) is 3.79. The summed E-state index contributed by atoms with van der Waals surface area (Å²) >= 11 is 0. The van der Waals surface area contributed by atoms with Crippen molar-refractivity contribution >= 4 is 21.5 Å². The van der Waals surface area contributed by atoms with Gasteiger partial charge in [-0.15, -0.1) is 0 Å². The largest absolute Gasteiger partial charge is 0.384 e. The first kappa shape index (κ1) is 10.9. The first-order valence-corrected chi connectivity index (χ1v) is 6.50. The lowest BCUT2D eigenvalue weighted by Gasteiger charge is -2.10. The molecule has 1 aliphatic rings. The van der Waals surface area contributed by atoms with Gasteiger partial charge in [-0.1, -0.05) is 12.1 Å². The monoisotopic (exact) mass is 239 g/mol.